The smallest absolute Gasteiger partial charge is 0.387 e. The molecular formula is C18H17F2N3O2S2. The molecule has 0 aliphatic rings. The van der Waals surface area contributed by atoms with Crippen LogP contribution in [0, 0.1) is 5.92 Å². The maximum Gasteiger partial charge on any atom is 0.387 e. The van der Waals surface area contributed by atoms with Crippen molar-refractivity contribution in [2.75, 3.05) is 5.32 Å². The van der Waals surface area contributed by atoms with E-state index in [1.807, 2.05) is 0 Å². The number of benzene rings is 1. The first-order valence-electron chi connectivity index (χ1n) is 8.18. The number of nitrogens with one attached hydrogen (secondary N) is 1. The van der Waals surface area contributed by atoms with Crippen LogP contribution >= 0.6 is 22.7 Å². The first-order valence-corrected chi connectivity index (χ1v) is 9.93. The Morgan fingerprint density at radius 1 is 1.19 bits per heavy atom. The zero-order chi connectivity index (χ0) is 19.4. The van der Waals surface area contributed by atoms with Crippen molar-refractivity contribution in [2.24, 2.45) is 5.92 Å². The van der Waals surface area contributed by atoms with Crippen LogP contribution in [0.4, 0.5) is 13.9 Å². The SMILES string of the molecule is CC(C)Cc1nc(C(=O)Nc2nc(-c3ccccc3OC(F)F)cs2)cs1. The zero-order valence-electron chi connectivity index (χ0n) is 14.6. The minimum Gasteiger partial charge on any atom is -0.434 e. The van der Waals surface area contributed by atoms with E-state index in [-0.39, 0.29) is 11.7 Å². The quantitative estimate of drug-likeness (QED) is 0.574. The third-order valence-corrected chi connectivity index (χ3v) is 5.10. The molecule has 1 N–H and O–H groups in total. The monoisotopic (exact) mass is 409 g/mol. The number of carbonyl (C=O) groups excluding carboxylic acids is 1. The van der Waals surface area contributed by atoms with E-state index in [1.54, 1.807) is 29.0 Å². The minimum atomic E-state index is -2.92. The Morgan fingerprint density at radius 2 is 1.96 bits per heavy atom. The number of carbonyl (C=O) groups is 1. The summed E-state index contributed by atoms with van der Waals surface area (Å²) in [5.41, 5.74) is 1.22. The van der Waals surface area contributed by atoms with Crippen molar-refractivity contribution in [1.82, 2.24) is 9.97 Å². The van der Waals surface area contributed by atoms with Crippen LogP contribution in [-0.4, -0.2) is 22.5 Å². The minimum absolute atomic E-state index is 0.0357. The largest absolute Gasteiger partial charge is 0.434 e. The fourth-order valence-corrected chi connectivity index (χ4v) is 4.04. The Hall–Kier alpha value is -2.39. The lowest BCUT2D eigenvalue weighted by molar-refractivity contribution is -0.0494. The molecule has 2 heterocycles. The molecule has 0 bridgehead atoms. The summed E-state index contributed by atoms with van der Waals surface area (Å²) in [6, 6.07) is 6.39. The lowest BCUT2D eigenvalue weighted by Gasteiger charge is -2.08. The molecule has 27 heavy (non-hydrogen) atoms. The van der Waals surface area contributed by atoms with Crippen LogP contribution in [-0.2, 0) is 6.42 Å². The molecule has 3 rings (SSSR count). The molecule has 0 spiro atoms. The van der Waals surface area contributed by atoms with Crippen LogP contribution in [0.1, 0.15) is 29.3 Å². The van der Waals surface area contributed by atoms with Gasteiger partial charge in [0.2, 0.25) is 0 Å². The van der Waals surface area contributed by atoms with E-state index in [2.05, 4.69) is 33.9 Å². The van der Waals surface area contributed by atoms with Crippen molar-refractivity contribution in [2.45, 2.75) is 26.9 Å². The number of nitrogens with zero attached hydrogens (tertiary/aromatic N) is 2. The molecule has 9 heteroatoms. The van der Waals surface area contributed by atoms with Gasteiger partial charge in [0.05, 0.1) is 10.7 Å². The first kappa shape index (κ1) is 19.4. The van der Waals surface area contributed by atoms with Gasteiger partial charge in [0.25, 0.3) is 5.91 Å². The summed E-state index contributed by atoms with van der Waals surface area (Å²) < 4.78 is 29.6. The molecule has 2 aromatic heterocycles. The van der Waals surface area contributed by atoms with Crippen LogP contribution in [0.25, 0.3) is 11.3 Å². The predicted octanol–water partition coefficient (Wildman–Crippen LogP) is 5.32. The second-order valence-corrected chi connectivity index (χ2v) is 7.89. The van der Waals surface area contributed by atoms with Crippen molar-refractivity contribution in [1.29, 1.82) is 0 Å². The van der Waals surface area contributed by atoms with Crippen LogP contribution in [0.5, 0.6) is 5.75 Å². The first-order chi connectivity index (χ1) is 12.9. The number of hydrogen-bond donors (Lipinski definition) is 1. The van der Waals surface area contributed by atoms with E-state index >= 15 is 0 Å². The van der Waals surface area contributed by atoms with E-state index in [0.717, 1.165) is 11.4 Å². The topological polar surface area (TPSA) is 64.1 Å². The summed E-state index contributed by atoms with van der Waals surface area (Å²) in [4.78, 5) is 21.0. The predicted molar refractivity (Wildman–Crippen MR) is 103 cm³/mol. The highest BCUT2D eigenvalue weighted by Crippen LogP contribution is 2.33. The fourth-order valence-electron chi connectivity index (χ4n) is 2.35. The Labute approximate surface area is 163 Å². The maximum absolute atomic E-state index is 12.6. The van der Waals surface area contributed by atoms with Gasteiger partial charge in [-0.2, -0.15) is 8.78 Å². The van der Waals surface area contributed by atoms with Gasteiger partial charge in [-0.1, -0.05) is 26.0 Å². The molecule has 0 radical (unpaired) electrons. The van der Waals surface area contributed by atoms with Crippen molar-refractivity contribution < 1.29 is 18.3 Å². The van der Waals surface area contributed by atoms with E-state index in [1.165, 1.54) is 28.7 Å². The number of thiazole rings is 2. The van der Waals surface area contributed by atoms with Gasteiger partial charge in [-0.25, -0.2) is 9.97 Å². The molecular weight excluding hydrogens is 392 g/mol. The molecule has 3 aromatic rings. The van der Waals surface area contributed by atoms with Gasteiger partial charge in [-0.15, -0.1) is 22.7 Å². The number of rotatable bonds is 7. The van der Waals surface area contributed by atoms with Gasteiger partial charge < -0.3 is 4.74 Å². The summed E-state index contributed by atoms with van der Waals surface area (Å²) in [6.45, 7) is 1.26. The average Bonchev–Trinajstić information content (AvgIpc) is 3.24. The molecule has 5 nitrogen and oxygen atoms in total. The number of anilines is 1. The Morgan fingerprint density at radius 3 is 2.70 bits per heavy atom. The fraction of sp³-hybridized carbons (Fsp3) is 0.278. The molecule has 0 saturated carbocycles. The summed E-state index contributed by atoms with van der Waals surface area (Å²) in [5, 5.41) is 7.36. The number of para-hydroxylation sites is 1. The van der Waals surface area contributed by atoms with Crippen molar-refractivity contribution in [3.05, 3.63) is 45.7 Å². The van der Waals surface area contributed by atoms with E-state index in [0.29, 0.717) is 28.0 Å². The van der Waals surface area contributed by atoms with Gasteiger partial charge in [0, 0.05) is 22.7 Å². The van der Waals surface area contributed by atoms with Crippen molar-refractivity contribution >= 4 is 33.7 Å². The van der Waals surface area contributed by atoms with Gasteiger partial charge in [-0.05, 0) is 18.1 Å². The van der Waals surface area contributed by atoms with Crippen molar-refractivity contribution in [3.63, 3.8) is 0 Å². The average molecular weight is 409 g/mol. The molecule has 142 valence electrons. The molecule has 0 aliphatic carbocycles. The summed E-state index contributed by atoms with van der Waals surface area (Å²) >= 11 is 2.65. The zero-order valence-corrected chi connectivity index (χ0v) is 16.2. The highest BCUT2D eigenvalue weighted by Gasteiger charge is 2.16. The number of alkyl halides is 2. The Kier molecular flexibility index (Phi) is 6.12. The molecule has 0 aliphatic heterocycles. The number of halogens is 2. The Bertz CT molecular complexity index is 925. The highest BCUT2D eigenvalue weighted by molar-refractivity contribution is 7.14. The molecule has 0 fully saturated rings. The van der Waals surface area contributed by atoms with Gasteiger partial charge in [0.1, 0.15) is 11.4 Å². The maximum atomic E-state index is 12.6. The summed E-state index contributed by atoms with van der Waals surface area (Å²) in [5.74, 6) is 0.150. The second kappa shape index (κ2) is 8.53. The number of aromatic nitrogens is 2. The number of ether oxygens (including phenoxy) is 1. The number of hydrogen-bond acceptors (Lipinski definition) is 6. The van der Waals surface area contributed by atoms with Crippen LogP contribution in [0.15, 0.2) is 35.0 Å². The highest BCUT2D eigenvalue weighted by atomic mass is 32.1. The van der Waals surface area contributed by atoms with Gasteiger partial charge in [-0.3, -0.25) is 10.1 Å². The van der Waals surface area contributed by atoms with Crippen molar-refractivity contribution in [3.8, 4) is 17.0 Å². The van der Waals surface area contributed by atoms with Crippen LogP contribution < -0.4 is 10.1 Å². The summed E-state index contributed by atoms with van der Waals surface area (Å²) in [6.07, 6.45) is 0.820. The van der Waals surface area contributed by atoms with Gasteiger partial charge in [0.15, 0.2) is 5.13 Å². The Balaban J connectivity index is 1.73. The standard InChI is InChI=1S/C18H17F2N3O2S2/c1-10(2)7-15-21-13(9-26-15)16(24)23-18-22-12(8-27-18)11-5-3-4-6-14(11)25-17(19)20/h3-6,8-10,17H,7H2,1-2H3,(H,22,23,24). The molecule has 0 saturated heterocycles. The van der Waals surface area contributed by atoms with E-state index < -0.39 is 6.61 Å². The number of amides is 1. The van der Waals surface area contributed by atoms with Gasteiger partial charge >= 0.3 is 6.61 Å². The third kappa shape index (κ3) is 5.08. The molecule has 0 atom stereocenters. The van der Waals surface area contributed by atoms with E-state index in [9.17, 15) is 13.6 Å². The third-order valence-electron chi connectivity index (χ3n) is 3.47. The van der Waals surface area contributed by atoms with Crippen LogP contribution in [0.2, 0.25) is 0 Å². The molecule has 1 aromatic carbocycles. The lowest BCUT2D eigenvalue weighted by atomic mass is 10.1. The second-order valence-electron chi connectivity index (χ2n) is 6.09. The summed E-state index contributed by atoms with van der Waals surface area (Å²) in [7, 11) is 0. The van der Waals surface area contributed by atoms with E-state index in [4.69, 9.17) is 0 Å². The normalized spacial score (nSPS) is 11.2. The molecule has 0 unspecified atom stereocenters. The van der Waals surface area contributed by atoms with Crippen LogP contribution in [0.3, 0.4) is 0 Å². The molecule has 1 amide bonds. The lowest BCUT2D eigenvalue weighted by Crippen LogP contribution is -2.12.